The molecule has 116 valence electrons. The van der Waals surface area contributed by atoms with Crippen molar-refractivity contribution in [2.45, 2.75) is 19.9 Å². The number of benzene rings is 1. The van der Waals surface area contributed by atoms with Gasteiger partial charge in [0.15, 0.2) is 0 Å². The highest BCUT2D eigenvalue weighted by Crippen LogP contribution is 2.14. The Morgan fingerprint density at radius 1 is 1.23 bits per heavy atom. The van der Waals surface area contributed by atoms with Crippen LogP contribution in [-0.4, -0.2) is 24.5 Å². The lowest BCUT2D eigenvalue weighted by Crippen LogP contribution is -2.24. The summed E-state index contributed by atoms with van der Waals surface area (Å²) in [5.41, 5.74) is 2.43. The van der Waals surface area contributed by atoms with Gasteiger partial charge in [0.2, 0.25) is 0 Å². The number of nitrogens with zero attached hydrogens (tertiary/aromatic N) is 1. The predicted octanol–water partition coefficient (Wildman–Crippen LogP) is 2.84. The topological polar surface area (TPSA) is 63.2 Å². The lowest BCUT2D eigenvalue weighted by molar-refractivity contribution is 0.0949. The Balaban J connectivity index is 1.96. The average molecular weight is 299 g/mol. The van der Waals surface area contributed by atoms with Gasteiger partial charge in [-0.25, -0.2) is 0 Å². The number of carbonyl (C=O) groups is 1. The number of amides is 1. The van der Waals surface area contributed by atoms with Gasteiger partial charge in [0.25, 0.3) is 5.91 Å². The summed E-state index contributed by atoms with van der Waals surface area (Å²) in [4.78, 5) is 16.0. The van der Waals surface area contributed by atoms with Crippen LogP contribution < -0.4 is 15.4 Å². The molecule has 0 aliphatic heterocycles. The molecule has 0 bridgehead atoms. The zero-order valence-electron chi connectivity index (χ0n) is 12.9. The molecule has 2 N–H and O–H groups in total. The van der Waals surface area contributed by atoms with E-state index < -0.39 is 0 Å². The van der Waals surface area contributed by atoms with Crippen molar-refractivity contribution in [3.8, 4) is 5.75 Å². The Hall–Kier alpha value is -2.56. The fraction of sp³-hybridized carbons (Fsp3) is 0.294. The third-order valence-corrected chi connectivity index (χ3v) is 3.18. The highest BCUT2D eigenvalue weighted by atomic mass is 16.5. The van der Waals surface area contributed by atoms with Gasteiger partial charge in [0.05, 0.1) is 7.11 Å². The van der Waals surface area contributed by atoms with Crippen LogP contribution in [-0.2, 0) is 6.54 Å². The Kier molecular flexibility index (Phi) is 5.77. The summed E-state index contributed by atoms with van der Waals surface area (Å²) < 4.78 is 5.13. The third kappa shape index (κ3) is 4.48. The van der Waals surface area contributed by atoms with E-state index in [4.69, 9.17) is 4.74 Å². The Morgan fingerprint density at radius 3 is 2.68 bits per heavy atom. The minimum atomic E-state index is -0.144. The molecule has 22 heavy (non-hydrogen) atoms. The average Bonchev–Trinajstić information content (AvgIpc) is 2.58. The predicted molar refractivity (Wildman–Crippen MR) is 87.2 cm³/mol. The first-order chi connectivity index (χ1) is 10.7. The zero-order chi connectivity index (χ0) is 15.8. The van der Waals surface area contributed by atoms with E-state index in [-0.39, 0.29) is 5.91 Å². The summed E-state index contributed by atoms with van der Waals surface area (Å²) in [6, 6.07) is 11.5. The smallest absolute Gasteiger partial charge is 0.269 e. The summed E-state index contributed by atoms with van der Waals surface area (Å²) >= 11 is 0. The molecular weight excluding hydrogens is 278 g/mol. The molecule has 2 rings (SSSR count). The first kappa shape index (κ1) is 15.8. The van der Waals surface area contributed by atoms with Crippen molar-refractivity contribution < 1.29 is 9.53 Å². The quantitative estimate of drug-likeness (QED) is 0.825. The summed E-state index contributed by atoms with van der Waals surface area (Å²) in [5, 5.41) is 6.11. The molecule has 0 fully saturated rings. The molecule has 0 saturated heterocycles. The number of aromatic nitrogens is 1. The second-order valence-corrected chi connectivity index (χ2v) is 4.89. The van der Waals surface area contributed by atoms with E-state index in [1.807, 2.05) is 37.3 Å². The number of nitrogens with one attached hydrogen (secondary N) is 2. The molecule has 0 atom stereocenters. The van der Waals surface area contributed by atoms with E-state index in [0.29, 0.717) is 18.8 Å². The van der Waals surface area contributed by atoms with Gasteiger partial charge in [-0.2, -0.15) is 0 Å². The number of carbonyl (C=O) groups excluding carboxylic acids is 1. The molecule has 1 heterocycles. The molecule has 0 radical (unpaired) electrons. The number of anilines is 1. The molecule has 0 aliphatic carbocycles. The normalized spacial score (nSPS) is 10.1. The number of rotatable bonds is 7. The van der Waals surface area contributed by atoms with E-state index in [2.05, 4.69) is 15.6 Å². The van der Waals surface area contributed by atoms with Crippen LogP contribution in [0.3, 0.4) is 0 Å². The zero-order valence-corrected chi connectivity index (χ0v) is 12.9. The maximum Gasteiger partial charge on any atom is 0.269 e. The van der Waals surface area contributed by atoms with Crippen molar-refractivity contribution in [1.29, 1.82) is 0 Å². The number of hydrogen-bond acceptors (Lipinski definition) is 4. The lowest BCUT2D eigenvalue weighted by atomic mass is 10.2. The van der Waals surface area contributed by atoms with Crippen LogP contribution in [0.25, 0.3) is 0 Å². The number of methoxy groups -OCH3 is 1. The molecule has 5 nitrogen and oxygen atoms in total. The Labute approximate surface area is 130 Å². The first-order valence-electron chi connectivity index (χ1n) is 7.34. The van der Waals surface area contributed by atoms with Crippen LogP contribution in [0.1, 0.15) is 29.4 Å². The highest BCUT2D eigenvalue weighted by molar-refractivity contribution is 5.93. The van der Waals surface area contributed by atoms with Crippen molar-refractivity contribution in [2.24, 2.45) is 0 Å². The molecule has 0 aliphatic rings. The van der Waals surface area contributed by atoms with E-state index >= 15 is 0 Å². The molecule has 0 spiro atoms. The SMILES string of the molecule is CCCNC(=O)c1cc(NCc2ccc(OC)cc2)ccn1. The number of ether oxygens (including phenoxy) is 1. The van der Waals surface area contributed by atoms with Crippen molar-refractivity contribution in [3.05, 3.63) is 53.9 Å². The van der Waals surface area contributed by atoms with Gasteiger partial charge in [-0.3, -0.25) is 9.78 Å². The molecule has 1 aromatic heterocycles. The third-order valence-electron chi connectivity index (χ3n) is 3.18. The highest BCUT2D eigenvalue weighted by Gasteiger charge is 2.06. The maximum absolute atomic E-state index is 11.9. The van der Waals surface area contributed by atoms with Gasteiger partial charge in [0, 0.05) is 25.0 Å². The Morgan fingerprint density at radius 2 is 2.00 bits per heavy atom. The monoisotopic (exact) mass is 299 g/mol. The maximum atomic E-state index is 11.9. The van der Waals surface area contributed by atoms with Crippen LogP contribution >= 0.6 is 0 Å². The van der Waals surface area contributed by atoms with E-state index in [1.54, 1.807) is 19.4 Å². The van der Waals surface area contributed by atoms with E-state index in [1.165, 1.54) is 0 Å². The minimum absolute atomic E-state index is 0.144. The Bertz CT molecular complexity index is 612. The van der Waals surface area contributed by atoms with Gasteiger partial charge < -0.3 is 15.4 Å². The molecule has 1 amide bonds. The van der Waals surface area contributed by atoms with Gasteiger partial charge >= 0.3 is 0 Å². The van der Waals surface area contributed by atoms with Crippen LogP contribution in [0, 0.1) is 0 Å². The van der Waals surface area contributed by atoms with Crippen molar-refractivity contribution in [1.82, 2.24) is 10.3 Å². The lowest BCUT2D eigenvalue weighted by Gasteiger charge is -2.09. The summed E-state index contributed by atoms with van der Waals surface area (Å²) in [7, 11) is 1.65. The van der Waals surface area contributed by atoms with Crippen LogP contribution in [0.4, 0.5) is 5.69 Å². The van der Waals surface area contributed by atoms with Crippen molar-refractivity contribution >= 4 is 11.6 Å². The standard InChI is InChI=1S/C17H21N3O2/c1-3-9-19-17(21)16-11-14(8-10-18-16)20-12-13-4-6-15(22-2)7-5-13/h4-8,10-11H,3,9,12H2,1-2H3,(H,18,20)(H,19,21). The van der Waals surface area contributed by atoms with Crippen molar-refractivity contribution in [2.75, 3.05) is 19.0 Å². The summed E-state index contributed by atoms with van der Waals surface area (Å²) in [6.07, 6.45) is 2.54. The second-order valence-electron chi connectivity index (χ2n) is 4.89. The largest absolute Gasteiger partial charge is 0.497 e. The molecule has 1 aromatic carbocycles. The second kappa shape index (κ2) is 8.02. The van der Waals surface area contributed by atoms with E-state index in [0.717, 1.165) is 23.4 Å². The van der Waals surface area contributed by atoms with Crippen LogP contribution in [0.15, 0.2) is 42.6 Å². The fourth-order valence-corrected chi connectivity index (χ4v) is 1.94. The molecule has 0 unspecified atom stereocenters. The fourth-order valence-electron chi connectivity index (χ4n) is 1.94. The summed E-state index contributed by atoms with van der Waals surface area (Å²) in [5.74, 6) is 0.692. The summed E-state index contributed by atoms with van der Waals surface area (Å²) in [6.45, 7) is 3.34. The minimum Gasteiger partial charge on any atom is -0.497 e. The van der Waals surface area contributed by atoms with Crippen LogP contribution in [0.2, 0.25) is 0 Å². The van der Waals surface area contributed by atoms with Gasteiger partial charge in [-0.05, 0) is 36.2 Å². The molecule has 5 heteroatoms. The van der Waals surface area contributed by atoms with Crippen molar-refractivity contribution in [3.63, 3.8) is 0 Å². The van der Waals surface area contributed by atoms with Crippen LogP contribution in [0.5, 0.6) is 5.75 Å². The molecule has 0 saturated carbocycles. The van der Waals surface area contributed by atoms with E-state index in [9.17, 15) is 4.79 Å². The number of pyridine rings is 1. The molecule has 2 aromatic rings. The first-order valence-corrected chi connectivity index (χ1v) is 7.34. The number of hydrogen-bond donors (Lipinski definition) is 2. The van der Waals surface area contributed by atoms with Gasteiger partial charge in [0.1, 0.15) is 11.4 Å². The van der Waals surface area contributed by atoms with Gasteiger partial charge in [-0.1, -0.05) is 19.1 Å². The van der Waals surface area contributed by atoms with Gasteiger partial charge in [-0.15, -0.1) is 0 Å². The molecular formula is C17H21N3O2.